The minimum absolute atomic E-state index is 0.607. The first kappa shape index (κ1) is 14.6. The van der Waals surface area contributed by atoms with Crippen LogP contribution in [0, 0.1) is 13.8 Å². The lowest BCUT2D eigenvalue weighted by Crippen LogP contribution is -2.27. The Morgan fingerprint density at radius 1 is 1.30 bits per heavy atom. The van der Waals surface area contributed by atoms with Crippen LogP contribution in [-0.2, 0) is 12.1 Å². The molecule has 0 saturated heterocycles. The summed E-state index contributed by atoms with van der Waals surface area (Å²) < 4.78 is 7.12. The fourth-order valence-corrected chi connectivity index (χ4v) is 2.43. The molecule has 108 valence electrons. The van der Waals surface area contributed by atoms with Crippen LogP contribution in [-0.4, -0.2) is 22.0 Å². The van der Waals surface area contributed by atoms with Gasteiger partial charge in [0.05, 0.1) is 13.3 Å². The lowest BCUT2D eigenvalue weighted by atomic mass is 9.89. The zero-order valence-corrected chi connectivity index (χ0v) is 12.8. The summed E-state index contributed by atoms with van der Waals surface area (Å²) in [5.74, 6) is 0.607. The summed E-state index contributed by atoms with van der Waals surface area (Å²) in [6, 6.07) is 5.99. The van der Waals surface area contributed by atoms with E-state index >= 15 is 0 Å². The van der Waals surface area contributed by atoms with Crippen LogP contribution in [0.5, 0.6) is 5.75 Å². The lowest BCUT2D eigenvalue weighted by Gasteiger charge is -2.26. The van der Waals surface area contributed by atoms with Crippen LogP contribution < -0.4 is 4.74 Å². The lowest BCUT2D eigenvalue weighted by molar-refractivity contribution is 0.0885. The maximum Gasteiger partial charge on any atom is 0.163 e. The van der Waals surface area contributed by atoms with E-state index in [1.54, 1.807) is 24.9 Å². The minimum atomic E-state index is -1.14. The fourth-order valence-electron chi connectivity index (χ4n) is 2.43. The Morgan fingerprint density at radius 3 is 2.55 bits per heavy atom. The number of methoxy groups -OCH3 is 1. The highest BCUT2D eigenvalue weighted by atomic mass is 16.5. The van der Waals surface area contributed by atoms with Gasteiger partial charge in [0, 0.05) is 6.54 Å². The van der Waals surface area contributed by atoms with Crippen molar-refractivity contribution in [1.29, 1.82) is 0 Å². The molecule has 0 fully saturated rings. The molecule has 1 heterocycles. The van der Waals surface area contributed by atoms with Gasteiger partial charge in [0.25, 0.3) is 0 Å². The molecule has 0 saturated carbocycles. The molecule has 0 aliphatic rings. The molecule has 1 aromatic heterocycles. The minimum Gasteiger partial charge on any atom is -0.493 e. The standard InChI is InChI=1S/C16H22N2O2/c1-6-18-15(14(20-5)10-17-18)16(4,19)13-8-7-11(2)12(3)9-13/h7-10,19H,6H2,1-5H3. The van der Waals surface area contributed by atoms with Crippen molar-refractivity contribution in [3.05, 3.63) is 46.8 Å². The van der Waals surface area contributed by atoms with E-state index in [4.69, 9.17) is 4.74 Å². The highest BCUT2D eigenvalue weighted by Gasteiger charge is 2.33. The topological polar surface area (TPSA) is 47.3 Å². The van der Waals surface area contributed by atoms with Gasteiger partial charge in [-0.1, -0.05) is 18.2 Å². The van der Waals surface area contributed by atoms with Crippen molar-refractivity contribution in [3.8, 4) is 5.75 Å². The number of hydrogen-bond donors (Lipinski definition) is 1. The van der Waals surface area contributed by atoms with Crippen molar-refractivity contribution in [2.45, 2.75) is 39.8 Å². The molecule has 4 nitrogen and oxygen atoms in total. The molecule has 1 aromatic carbocycles. The van der Waals surface area contributed by atoms with Gasteiger partial charge in [-0.2, -0.15) is 5.10 Å². The Hall–Kier alpha value is -1.81. The molecule has 1 atom stereocenters. The second-order valence-corrected chi connectivity index (χ2v) is 5.25. The second-order valence-electron chi connectivity index (χ2n) is 5.25. The Kier molecular flexibility index (Phi) is 3.86. The van der Waals surface area contributed by atoms with E-state index in [9.17, 15) is 5.11 Å². The molecule has 2 rings (SSSR count). The van der Waals surface area contributed by atoms with Crippen molar-refractivity contribution in [2.75, 3.05) is 7.11 Å². The Balaban J connectivity index is 2.59. The van der Waals surface area contributed by atoms with Gasteiger partial charge in [0.15, 0.2) is 5.75 Å². The zero-order chi connectivity index (χ0) is 14.9. The second kappa shape index (κ2) is 5.29. The Morgan fingerprint density at radius 2 is 2.00 bits per heavy atom. The monoisotopic (exact) mass is 274 g/mol. The van der Waals surface area contributed by atoms with Crippen LogP contribution in [0.2, 0.25) is 0 Å². The summed E-state index contributed by atoms with van der Waals surface area (Å²) in [5.41, 5.74) is 2.75. The maximum absolute atomic E-state index is 11.0. The van der Waals surface area contributed by atoms with Crippen LogP contribution >= 0.6 is 0 Å². The van der Waals surface area contributed by atoms with Crippen molar-refractivity contribution in [1.82, 2.24) is 9.78 Å². The Labute approximate surface area is 120 Å². The number of benzene rings is 1. The zero-order valence-electron chi connectivity index (χ0n) is 12.8. The van der Waals surface area contributed by atoms with E-state index in [2.05, 4.69) is 12.0 Å². The van der Waals surface area contributed by atoms with E-state index in [-0.39, 0.29) is 0 Å². The van der Waals surface area contributed by atoms with Gasteiger partial charge in [-0.3, -0.25) is 4.68 Å². The van der Waals surface area contributed by atoms with E-state index < -0.39 is 5.60 Å². The number of rotatable bonds is 4. The highest BCUT2D eigenvalue weighted by Crippen LogP contribution is 2.35. The molecule has 0 aliphatic heterocycles. The summed E-state index contributed by atoms with van der Waals surface area (Å²) >= 11 is 0. The predicted molar refractivity (Wildman–Crippen MR) is 79.0 cm³/mol. The van der Waals surface area contributed by atoms with E-state index in [1.165, 1.54) is 5.56 Å². The largest absolute Gasteiger partial charge is 0.493 e. The highest BCUT2D eigenvalue weighted by molar-refractivity contribution is 5.42. The molecule has 4 heteroatoms. The molecule has 0 amide bonds. The van der Waals surface area contributed by atoms with Crippen molar-refractivity contribution >= 4 is 0 Å². The first-order chi connectivity index (χ1) is 9.41. The predicted octanol–water partition coefficient (Wildman–Crippen LogP) is 2.78. The quantitative estimate of drug-likeness (QED) is 0.932. The normalized spacial score (nSPS) is 14.1. The summed E-state index contributed by atoms with van der Waals surface area (Å²) in [6.07, 6.45) is 1.65. The molecule has 0 bridgehead atoms. The number of aromatic nitrogens is 2. The van der Waals surface area contributed by atoms with Crippen LogP contribution in [0.4, 0.5) is 0 Å². The molecular weight excluding hydrogens is 252 g/mol. The van der Waals surface area contributed by atoms with E-state index in [0.717, 1.165) is 11.1 Å². The van der Waals surface area contributed by atoms with Gasteiger partial charge in [0.2, 0.25) is 0 Å². The summed E-state index contributed by atoms with van der Waals surface area (Å²) in [7, 11) is 1.59. The van der Waals surface area contributed by atoms with Crippen LogP contribution in [0.25, 0.3) is 0 Å². The van der Waals surface area contributed by atoms with Crippen LogP contribution in [0.15, 0.2) is 24.4 Å². The van der Waals surface area contributed by atoms with Crippen molar-refractivity contribution in [2.24, 2.45) is 0 Å². The van der Waals surface area contributed by atoms with Gasteiger partial charge < -0.3 is 9.84 Å². The number of aryl methyl sites for hydroxylation is 3. The molecular formula is C16H22N2O2. The number of nitrogens with zero attached hydrogens (tertiary/aromatic N) is 2. The van der Waals surface area contributed by atoms with Crippen LogP contribution in [0.3, 0.4) is 0 Å². The first-order valence-electron chi connectivity index (χ1n) is 6.82. The number of ether oxygens (including phenoxy) is 1. The molecule has 0 radical (unpaired) electrons. The van der Waals surface area contributed by atoms with Gasteiger partial charge >= 0.3 is 0 Å². The van der Waals surface area contributed by atoms with Gasteiger partial charge in [0.1, 0.15) is 11.3 Å². The third kappa shape index (κ3) is 2.31. The first-order valence-corrected chi connectivity index (χ1v) is 6.82. The van der Waals surface area contributed by atoms with Gasteiger partial charge in [-0.15, -0.1) is 0 Å². The smallest absolute Gasteiger partial charge is 0.163 e. The molecule has 2 aromatic rings. The van der Waals surface area contributed by atoms with Gasteiger partial charge in [-0.05, 0) is 44.4 Å². The van der Waals surface area contributed by atoms with E-state index in [0.29, 0.717) is 18.0 Å². The van der Waals surface area contributed by atoms with Crippen molar-refractivity contribution in [3.63, 3.8) is 0 Å². The summed E-state index contributed by atoms with van der Waals surface area (Å²) in [4.78, 5) is 0. The molecule has 1 N–H and O–H groups in total. The number of aliphatic hydroxyl groups is 1. The third-order valence-electron chi connectivity index (χ3n) is 3.86. The van der Waals surface area contributed by atoms with E-state index in [1.807, 2.05) is 32.0 Å². The third-order valence-corrected chi connectivity index (χ3v) is 3.86. The molecule has 20 heavy (non-hydrogen) atoms. The van der Waals surface area contributed by atoms with Crippen LogP contribution in [0.1, 0.15) is 36.2 Å². The summed E-state index contributed by atoms with van der Waals surface area (Å²) in [6.45, 7) is 8.56. The molecule has 0 spiro atoms. The molecule has 0 aliphatic carbocycles. The fraction of sp³-hybridized carbons (Fsp3) is 0.438. The Bertz CT molecular complexity index is 593. The summed E-state index contributed by atoms with van der Waals surface area (Å²) in [5, 5.41) is 15.3. The van der Waals surface area contributed by atoms with Gasteiger partial charge in [-0.25, -0.2) is 0 Å². The SMILES string of the molecule is CCn1ncc(OC)c1C(C)(O)c1ccc(C)c(C)c1. The molecule has 1 unspecified atom stereocenters. The maximum atomic E-state index is 11.0. The average molecular weight is 274 g/mol. The average Bonchev–Trinajstić information content (AvgIpc) is 2.85. The number of hydrogen-bond acceptors (Lipinski definition) is 3. The van der Waals surface area contributed by atoms with Crippen molar-refractivity contribution < 1.29 is 9.84 Å².